The number of halogens is 1. The van der Waals surface area contributed by atoms with Crippen molar-refractivity contribution in [1.29, 1.82) is 0 Å². The molecule has 3 aromatic rings. The van der Waals surface area contributed by atoms with Crippen molar-refractivity contribution in [3.05, 3.63) is 59.5 Å². The van der Waals surface area contributed by atoms with Crippen LogP contribution in [0.1, 0.15) is 11.3 Å². The Balaban J connectivity index is 1.81. The van der Waals surface area contributed by atoms with Gasteiger partial charge in [-0.25, -0.2) is 14.4 Å². The van der Waals surface area contributed by atoms with Crippen molar-refractivity contribution >= 4 is 11.0 Å². The number of aromatic nitrogens is 2. The molecule has 156 valence electrons. The number of fused-ring (bicyclic) bond motifs is 1. The second kappa shape index (κ2) is 10.5. The minimum atomic E-state index is -0.383. The molecule has 0 amide bonds. The summed E-state index contributed by atoms with van der Waals surface area (Å²) >= 11 is 0. The molecule has 0 saturated heterocycles. The molecule has 0 saturated carbocycles. The first kappa shape index (κ1) is 21.5. The average Bonchev–Trinajstić information content (AvgIpc) is 2.74. The number of hydrogen-bond donors (Lipinski definition) is 0. The molecule has 0 aliphatic rings. The number of ether oxygens (including phenoxy) is 3. The maximum atomic E-state index is 13.6. The predicted molar refractivity (Wildman–Crippen MR) is 113 cm³/mol. The van der Waals surface area contributed by atoms with Gasteiger partial charge in [0.05, 0.1) is 31.4 Å². The fourth-order valence-electron chi connectivity index (χ4n) is 2.57. The van der Waals surface area contributed by atoms with Gasteiger partial charge in [0.15, 0.2) is 5.69 Å². The summed E-state index contributed by atoms with van der Waals surface area (Å²) in [5.41, 5.74) is 2.05. The number of hydrogen-bond acceptors (Lipinski definition) is 6. The lowest BCUT2D eigenvalue weighted by Gasteiger charge is -2.11. The zero-order chi connectivity index (χ0) is 21.3. The van der Waals surface area contributed by atoms with Crippen molar-refractivity contribution in [3.63, 3.8) is 0 Å². The molecule has 0 aliphatic heterocycles. The van der Waals surface area contributed by atoms with E-state index in [2.05, 4.69) is 21.8 Å². The van der Waals surface area contributed by atoms with Crippen LogP contribution in [0.15, 0.2) is 42.5 Å². The molecule has 1 heterocycles. The highest BCUT2D eigenvalue weighted by atomic mass is 19.1. The van der Waals surface area contributed by atoms with Gasteiger partial charge < -0.3 is 19.1 Å². The van der Waals surface area contributed by atoms with Crippen molar-refractivity contribution in [1.82, 2.24) is 14.9 Å². The maximum absolute atomic E-state index is 13.6. The zero-order valence-corrected chi connectivity index (χ0v) is 17.3. The summed E-state index contributed by atoms with van der Waals surface area (Å²) in [5, 5.41) is 0. The van der Waals surface area contributed by atoms with Gasteiger partial charge >= 0.3 is 0 Å². The van der Waals surface area contributed by atoms with E-state index in [1.807, 2.05) is 43.3 Å². The van der Waals surface area contributed by atoms with E-state index < -0.39 is 0 Å². The largest absolute Gasteiger partial charge is 0.497 e. The number of nitrogens with zero attached hydrogens (tertiary/aromatic N) is 3. The highest BCUT2D eigenvalue weighted by Crippen LogP contribution is 2.20. The van der Waals surface area contributed by atoms with Crippen LogP contribution in [0.2, 0.25) is 0 Å². The third-order valence-corrected chi connectivity index (χ3v) is 4.14. The molecule has 0 aliphatic carbocycles. The van der Waals surface area contributed by atoms with Gasteiger partial charge in [-0.15, -0.1) is 0 Å². The molecule has 6 nitrogen and oxygen atoms in total. The lowest BCUT2D eigenvalue weighted by atomic mass is 10.2. The Labute approximate surface area is 175 Å². The highest BCUT2D eigenvalue weighted by molar-refractivity contribution is 5.75. The maximum Gasteiger partial charge on any atom is 0.249 e. The van der Waals surface area contributed by atoms with Gasteiger partial charge in [0.1, 0.15) is 18.2 Å². The molecule has 30 heavy (non-hydrogen) atoms. The summed E-state index contributed by atoms with van der Waals surface area (Å²) in [6.07, 6.45) is 0. The fraction of sp³-hybridized carbons (Fsp3) is 0.304. The van der Waals surface area contributed by atoms with Crippen LogP contribution in [0.25, 0.3) is 11.0 Å². The van der Waals surface area contributed by atoms with Gasteiger partial charge in [-0.3, -0.25) is 0 Å². The normalized spacial score (nSPS) is 10.7. The SMILES string of the molecule is COc1cccc(C#Cc2nc3cc(F)ccc3nc2OCCOCCN(C)C)c1. The summed E-state index contributed by atoms with van der Waals surface area (Å²) in [4.78, 5) is 11.0. The molecular weight excluding hydrogens is 385 g/mol. The topological polar surface area (TPSA) is 56.7 Å². The second-order valence-electron chi connectivity index (χ2n) is 6.76. The van der Waals surface area contributed by atoms with Gasteiger partial charge in [-0.2, -0.15) is 0 Å². The monoisotopic (exact) mass is 409 g/mol. The van der Waals surface area contributed by atoms with Crippen molar-refractivity contribution in [3.8, 4) is 23.5 Å². The van der Waals surface area contributed by atoms with Crippen LogP contribution in [-0.4, -0.2) is 62.4 Å². The van der Waals surface area contributed by atoms with Gasteiger partial charge in [0, 0.05) is 18.2 Å². The van der Waals surface area contributed by atoms with Crippen LogP contribution < -0.4 is 9.47 Å². The molecule has 0 unspecified atom stereocenters. The quantitative estimate of drug-likeness (QED) is 0.421. The lowest BCUT2D eigenvalue weighted by Crippen LogP contribution is -2.19. The lowest BCUT2D eigenvalue weighted by molar-refractivity contribution is 0.0875. The Morgan fingerprint density at radius 1 is 0.967 bits per heavy atom. The van der Waals surface area contributed by atoms with E-state index in [0.29, 0.717) is 48.2 Å². The molecule has 7 heteroatoms. The van der Waals surface area contributed by atoms with Crippen molar-refractivity contribution in [2.45, 2.75) is 0 Å². The highest BCUT2D eigenvalue weighted by Gasteiger charge is 2.10. The summed E-state index contributed by atoms with van der Waals surface area (Å²) < 4.78 is 30.2. The number of rotatable bonds is 8. The zero-order valence-electron chi connectivity index (χ0n) is 17.3. The first-order valence-corrected chi connectivity index (χ1v) is 9.54. The third kappa shape index (κ3) is 6.14. The number of benzene rings is 2. The molecule has 0 N–H and O–H groups in total. The third-order valence-electron chi connectivity index (χ3n) is 4.14. The van der Waals surface area contributed by atoms with Gasteiger partial charge in [0.2, 0.25) is 5.88 Å². The van der Waals surface area contributed by atoms with E-state index >= 15 is 0 Å². The van der Waals surface area contributed by atoms with Gasteiger partial charge in [0.25, 0.3) is 0 Å². The first-order chi connectivity index (χ1) is 14.5. The molecule has 0 spiro atoms. The average molecular weight is 409 g/mol. The van der Waals surface area contributed by atoms with E-state index in [1.165, 1.54) is 12.1 Å². The number of methoxy groups -OCH3 is 1. The van der Waals surface area contributed by atoms with Crippen LogP contribution in [-0.2, 0) is 4.74 Å². The van der Waals surface area contributed by atoms with E-state index in [1.54, 1.807) is 13.2 Å². The minimum Gasteiger partial charge on any atom is -0.497 e. The summed E-state index contributed by atoms with van der Waals surface area (Å²) in [6, 6.07) is 11.6. The second-order valence-corrected chi connectivity index (χ2v) is 6.76. The molecule has 0 fully saturated rings. The van der Waals surface area contributed by atoms with Crippen molar-refractivity contribution in [2.75, 3.05) is 47.6 Å². The molecule has 0 bridgehead atoms. The fourth-order valence-corrected chi connectivity index (χ4v) is 2.57. The van der Waals surface area contributed by atoms with Crippen molar-refractivity contribution < 1.29 is 18.6 Å². The van der Waals surface area contributed by atoms with Crippen LogP contribution in [0.5, 0.6) is 11.6 Å². The van der Waals surface area contributed by atoms with Crippen LogP contribution in [0.3, 0.4) is 0 Å². The van der Waals surface area contributed by atoms with Gasteiger partial charge in [-0.05, 0) is 50.3 Å². The standard InChI is InChI=1S/C23H24FN3O3/c1-27(2)11-12-29-13-14-30-23-21(9-7-17-5-4-6-19(15-17)28-3)25-22-16-18(24)8-10-20(22)26-23/h4-6,8,10,15-16H,11-14H2,1-3H3. The van der Waals surface area contributed by atoms with E-state index in [9.17, 15) is 4.39 Å². The molecule has 1 aromatic heterocycles. The Kier molecular flexibility index (Phi) is 7.55. The first-order valence-electron chi connectivity index (χ1n) is 9.54. The van der Waals surface area contributed by atoms with E-state index in [0.717, 1.165) is 12.1 Å². The smallest absolute Gasteiger partial charge is 0.249 e. The molecular formula is C23H24FN3O3. The Bertz CT molecular complexity index is 1060. The van der Waals surface area contributed by atoms with Crippen LogP contribution >= 0.6 is 0 Å². The Hall–Kier alpha value is -3.21. The molecule has 2 aromatic carbocycles. The Morgan fingerprint density at radius 2 is 1.83 bits per heavy atom. The number of likely N-dealkylation sites (N-methyl/N-ethyl adjacent to an activating group) is 1. The van der Waals surface area contributed by atoms with Crippen LogP contribution in [0, 0.1) is 17.7 Å². The molecule has 0 radical (unpaired) electrons. The summed E-state index contributed by atoms with van der Waals surface area (Å²) in [5.74, 6) is 6.64. The minimum absolute atomic E-state index is 0.292. The predicted octanol–water partition coefficient (Wildman–Crippen LogP) is 3.13. The van der Waals surface area contributed by atoms with Crippen LogP contribution in [0.4, 0.5) is 4.39 Å². The molecule has 3 rings (SSSR count). The Morgan fingerprint density at radius 3 is 2.63 bits per heavy atom. The van der Waals surface area contributed by atoms with Crippen molar-refractivity contribution in [2.24, 2.45) is 0 Å². The van der Waals surface area contributed by atoms with E-state index in [-0.39, 0.29) is 5.82 Å². The molecule has 0 atom stereocenters. The van der Waals surface area contributed by atoms with Gasteiger partial charge in [-0.1, -0.05) is 12.0 Å². The summed E-state index contributed by atoms with van der Waals surface area (Å²) in [6.45, 7) is 2.17. The summed E-state index contributed by atoms with van der Waals surface area (Å²) in [7, 11) is 5.57. The van der Waals surface area contributed by atoms with E-state index in [4.69, 9.17) is 14.2 Å².